The van der Waals surface area contributed by atoms with Crippen LogP contribution in [0.15, 0.2) is 79.1 Å². The van der Waals surface area contributed by atoms with Crippen LogP contribution in [0.3, 0.4) is 0 Å². The highest BCUT2D eigenvalue weighted by molar-refractivity contribution is 5.72. The number of esters is 1. The van der Waals surface area contributed by atoms with E-state index in [1.807, 2.05) is 64.1 Å². The molecule has 0 fully saturated rings. The van der Waals surface area contributed by atoms with Gasteiger partial charge in [-0.15, -0.1) is 0 Å². The Morgan fingerprint density at radius 1 is 0.976 bits per heavy atom. The van der Waals surface area contributed by atoms with Crippen molar-refractivity contribution in [1.82, 2.24) is 5.32 Å². The lowest BCUT2D eigenvalue weighted by Gasteiger charge is -2.12. The fourth-order valence-corrected chi connectivity index (χ4v) is 3.22. The molecule has 1 unspecified atom stereocenters. The second-order valence-electron chi connectivity index (χ2n) is 9.47. The SMILES string of the molecule is C=C(C)/C=C(\OC)c1ccccc1.C=C(C)OCC(C)CCCC(=O)OC.CC.CC(=O)NCc1cccc(C)c1F. The van der Waals surface area contributed by atoms with Crippen LogP contribution in [0, 0.1) is 18.7 Å². The van der Waals surface area contributed by atoms with Gasteiger partial charge in [0.25, 0.3) is 0 Å². The quantitative estimate of drug-likeness (QED) is 0.153. The number of nitrogens with one attached hydrogen (secondary N) is 1. The molecule has 1 atom stereocenters. The number of methoxy groups -OCH3 is 2. The summed E-state index contributed by atoms with van der Waals surface area (Å²) >= 11 is 0. The summed E-state index contributed by atoms with van der Waals surface area (Å²) in [5.74, 6) is 1.52. The number of hydrogen-bond acceptors (Lipinski definition) is 5. The number of rotatable bonds is 12. The molecule has 6 nitrogen and oxygen atoms in total. The lowest BCUT2D eigenvalue weighted by Crippen LogP contribution is -2.19. The molecule has 2 aromatic rings. The highest BCUT2D eigenvalue weighted by Crippen LogP contribution is 2.16. The Hall–Kier alpha value is -3.87. The van der Waals surface area contributed by atoms with Crippen LogP contribution >= 0.6 is 0 Å². The summed E-state index contributed by atoms with van der Waals surface area (Å²) in [5, 5.41) is 2.55. The molecular formula is C35H52FNO5. The molecule has 7 heteroatoms. The summed E-state index contributed by atoms with van der Waals surface area (Å²) in [6, 6.07) is 15.1. The van der Waals surface area contributed by atoms with Crippen LogP contribution in [-0.4, -0.2) is 32.7 Å². The van der Waals surface area contributed by atoms with E-state index in [-0.39, 0.29) is 24.2 Å². The average molecular weight is 586 g/mol. The van der Waals surface area contributed by atoms with Crippen molar-refractivity contribution in [3.8, 4) is 0 Å². The van der Waals surface area contributed by atoms with Gasteiger partial charge < -0.3 is 19.5 Å². The smallest absolute Gasteiger partial charge is 0.305 e. The number of carbonyl (C=O) groups is 2. The molecule has 1 N–H and O–H groups in total. The summed E-state index contributed by atoms with van der Waals surface area (Å²) in [7, 11) is 3.08. The molecule has 0 heterocycles. The van der Waals surface area contributed by atoms with Gasteiger partial charge >= 0.3 is 5.97 Å². The lowest BCUT2D eigenvalue weighted by atomic mass is 10.1. The third kappa shape index (κ3) is 21.0. The third-order valence-corrected chi connectivity index (χ3v) is 5.38. The number of amides is 1. The normalized spacial score (nSPS) is 10.6. The molecule has 0 saturated heterocycles. The van der Waals surface area contributed by atoms with E-state index in [2.05, 4.69) is 30.1 Å². The minimum atomic E-state index is -0.240. The van der Waals surface area contributed by atoms with Gasteiger partial charge in [-0.25, -0.2) is 4.39 Å². The van der Waals surface area contributed by atoms with Crippen LogP contribution in [0.5, 0.6) is 0 Å². The van der Waals surface area contributed by atoms with E-state index in [1.54, 1.807) is 32.2 Å². The number of halogens is 1. The maximum atomic E-state index is 13.3. The van der Waals surface area contributed by atoms with Crippen molar-refractivity contribution in [2.24, 2.45) is 5.92 Å². The molecule has 0 bridgehead atoms. The zero-order chi connectivity index (χ0) is 32.5. The highest BCUT2D eigenvalue weighted by Gasteiger charge is 2.06. The van der Waals surface area contributed by atoms with Crippen molar-refractivity contribution in [2.75, 3.05) is 20.8 Å². The highest BCUT2D eigenvalue weighted by atomic mass is 19.1. The molecular weight excluding hydrogens is 533 g/mol. The second kappa shape index (κ2) is 24.9. The molecule has 0 saturated carbocycles. The Morgan fingerprint density at radius 2 is 1.60 bits per heavy atom. The maximum absolute atomic E-state index is 13.3. The van der Waals surface area contributed by atoms with Gasteiger partial charge in [-0.3, -0.25) is 9.59 Å². The topological polar surface area (TPSA) is 73.9 Å². The van der Waals surface area contributed by atoms with Gasteiger partial charge in [0.05, 0.1) is 26.6 Å². The first-order valence-electron chi connectivity index (χ1n) is 14.2. The van der Waals surface area contributed by atoms with E-state index >= 15 is 0 Å². The summed E-state index contributed by atoms with van der Waals surface area (Å²) in [4.78, 5) is 21.4. The first-order chi connectivity index (χ1) is 19.9. The number of aryl methyl sites for hydroxylation is 1. The van der Waals surface area contributed by atoms with Crippen LogP contribution in [0.25, 0.3) is 5.76 Å². The molecule has 0 radical (unpaired) electrons. The standard InChI is InChI=1S/C12H14O.C11H20O3.C10H12FNO.C2H6/c1-10(2)9-12(13-3)11-7-5-4-6-8-11;1-9(2)14-8-10(3)6-5-7-11(12)13-4;1-7-4-3-5-9(10(7)11)6-12-8(2)13;1-2/h4-9H,1H2,2-3H3;10H,1,5-8H2,2-4H3;3-5H,6H2,1-2H3,(H,12,13);1-2H3/b12-9-;;;. The molecule has 2 rings (SSSR count). The number of benzene rings is 2. The largest absolute Gasteiger partial charge is 0.499 e. The number of carbonyl (C=O) groups excluding carboxylic acids is 2. The van der Waals surface area contributed by atoms with E-state index in [0.717, 1.165) is 35.5 Å². The summed E-state index contributed by atoms with van der Waals surface area (Å²) in [6.07, 6.45) is 4.25. The van der Waals surface area contributed by atoms with E-state index < -0.39 is 0 Å². The summed E-state index contributed by atoms with van der Waals surface area (Å²) in [6.45, 7) is 21.4. The summed E-state index contributed by atoms with van der Waals surface area (Å²) < 4.78 is 28.4. The average Bonchev–Trinajstić information content (AvgIpc) is 2.97. The van der Waals surface area contributed by atoms with Crippen LogP contribution in [0.1, 0.15) is 77.5 Å². The fraction of sp³-hybridized carbons (Fsp3) is 0.429. The van der Waals surface area contributed by atoms with E-state index in [0.29, 0.717) is 30.1 Å². The third-order valence-electron chi connectivity index (χ3n) is 5.38. The maximum Gasteiger partial charge on any atom is 0.305 e. The zero-order valence-corrected chi connectivity index (χ0v) is 27.1. The summed E-state index contributed by atoms with van der Waals surface area (Å²) in [5.41, 5.74) is 3.19. The van der Waals surface area contributed by atoms with E-state index in [4.69, 9.17) is 9.47 Å². The first kappa shape index (κ1) is 40.3. The Morgan fingerprint density at radius 3 is 2.10 bits per heavy atom. The van der Waals surface area contributed by atoms with E-state index in [1.165, 1.54) is 14.0 Å². The van der Waals surface area contributed by atoms with Crippen molar-refractivity contribution in [3.05, 3.63) is 102 Å². The van der Waals surface area contributed by atoms with Crippen molar-refractivity contribution in [2.45, 2.75) is 74.3 Å². The van der Waals surface area contributed by atoms with Crippen molar-refractivity contribution < 1.29 is 28.2 Å². The minimum absolute atomic E-state index is 0.141. The number of ether oxygens (including phenoxy) is 3. The molecule has 42 heavy (non-hydrogen) atoms. The zero-order valence-electron chi connectivity index (χ0n) is 27.1. The predicted molar refractivity (Wildman–Crippen MR) is 172 cm³/mol. The van der Waals surface area contributed by atoms with Crippen molar-refractivity contribution >= 4 is 17.6 Å². The molecule has 0 aliphatic heterocycles. The predicted octanol–water partition coefficient (Wildman–Crippen LogP) is 8.56. The van der Waals surface area contributed by atoms with Gasteiger partial charge in [0.15, 0.2) is 0 Å². The van der Waals surface area contributed by atoms with Gasteiger partial charge in [0, 0.05) is 31.0 Å². The monoisotopic (exact) mass is 585 g/mol. The van der Waals surface area contributed by atoms with Gasteiger partial charge in [-0.05, 0) is 51.2 Å². The Balaban J connectivity index is 0. The molecule has 0 spiro atoms. The van der Waals surface area contributed by atoms with Crippen molar-refractivity contribution in [1.29, 1.82) is 0 Å². The Kier molecular flexibility index (Phi) is 23.9. The second-order valence-corrected chi connectivity index (χ2v) is 9.47. The van der Waals surface area contributed by atoms with Gasteiger partial charge in [0.1, 0.15) is 11.6 Å². The molecule has 0 aromatic heterocycles. The van der Waals surface area contributed by atoms with Crippen molar-refractivity contribution in [3.63, 3.8) is 0 Å². The molecule has 0 aliphatic carbocycles. The van der Waals surface area contributed by atoms with E-state index in [9.17, 15) is 14.0 Å². The molecule has 1 amide bonds. The number of allylic oxidation sites excluding steroid dienone is 3. The van der Waals surface area contributed by atoms with Crippen LogP contribution in [0.2, 0.25) is 0 Å². The fourth-order valence-electron chi connectivity index (χ4n) is 3.22. The van der Waals surface area contributed by atoms with Crippen LogP contribution in [-0.2, 0) is 30.3 Å². The molecule has 2 aromatic carbocycles. The Labute approximate surface area is 253 Å². The molecule has 234 valence electrons. The van der Waals surface area contributed by atoms with Gasteiger partial charge in [-0.1, -0.05) is 88.0 Å². The molecule has 0 aliphatic rings. The van der Waals surface area contributed by atoms with Crippen LogP contribution in [0.4, 0.5) is 4.39 Å². The van der Waals surface area contributed by atoms with Crippen LogP contribution < -0.4 is 5.32 Å². The Bertz CT molecular complexity index is 1100. The first-order valence-corrected chi connectivity index (χ1v) is 14.2. The number of hydrogen-bond donors (Lipinski definition) is 1. The lowest BCUT2D eigenvalue weighted by molar-refractivity contribution is -0.140. The van der Waals surface area contributed by atoms with Gasteiger partial charge in [0.2, 0.25) is 5.91 Å². The van der Waals surface area contributed by atoms with Gasteiger partial charge in [-0.2, -0.15) is 0 Å². The minimum Gasteiger partial charge on any atom is -0.499 e.